The van der Waals surface area contributed by atoms with Gasteiger partial charge < -0.3 is 15.4 Å². The number of anilines is 3. The van der Waals surface area contributed by atoms with Crippen molar-refractivity contribution >= 4 is 28.1 Å². The van der Waals surface area contributed by atoms with E-state index in [4.69, 9.17) is 4.74 Å². The second-order valence-electron chi connectivity index (χ2n) is 6.43. The van der Waals surface area contributed by atoms with E-state index in [1.165, 1.54) is 0 Å². The Morgan fingerprint density at radius 3 is 2.46 bits per heavy atom. The van der Waals surface area contributed by atoms with Gasteiger partial charge in [-0.2, -0.15) is 0 Å². The van der Waals surface area contributed by atoms with Crippen LogP contribution in [0.15, 0.2) is 53.4 Å². The summed E-state index contributed by atoms with van der Waals surface area (Å²) in [6, 6.07) is 14.9. The Hall–Kier alpha value is -3.00. The molecule has 28 heavy (non-hydrogen) atoms. The first kappa shape index (κ1) is 19.8. The van der Waals surface area contributed by atoms with Gasteiger partial charge in [0.2, 0.25) is 5.88 Å². The van der Waals surface area contributed by atoms with Crippen molar-refractivity contribution < 1.29 is 8.95 Å². The van der Waals surface area contributed by atoms with Crippen molar-refractivity contribution in [1.29, 1.82) is 0 Å². The summed E-state index contributed by atoms with van der Waals surface area (Å²) in [5, 5.41) is 6.57. The lowest BCUT2D eigenvalue weighted by atomic mass is 10.3. The zero-order chi connectivity index (χ0) is 20.1. The van der Waals surface area contributed by atoms with E-state index in [2.05, 4.69) is 25.6 Å². The van der Waals surface area contributed by atoms with Crippen molar-refractivity contribution in [2.75, 3.05) is 24.0 Å². The third kappa shape index (κ3) is 5.04. The lowest BCUT2D eigenvalue weighted by molar-refractivity contribution is 0.398. The molecule has 3 rings (SSSR count). The van der Waals surface area contributed by atoms with Crippen LogP contribution in [0.1, 0.15) is 13.8 Å². The van der Waals surface area contributed by atoms with Gasteiger partial charge in [-0.25, -0.2) is 15.0 Å². The highest BCUT2D eigenvalue weighted by molar-refractivity contribution is 7.84. The number of ether oxygens (including phenoxy) is 1. The molecule has 1 aromatic carbocycles. The van der Waals surface area contributed by atoms with Crippen molar-refractivity contribution in [2.45, 2.75) is 24.8 Å². The molecule has 0 aliphatic heterocycles. The Labute approximate surface area is 167 Å². The molecule has 0 spiro atoms. The number of pyridine rings is 1. The standard InChI is InChI=1S/C20H23N5O2S/c1-13(2)21-17-12-18(22-14-7-5-8-15(11-14)28(4)26)25-20(24-17)16-9-6-10-19(23-16)27-3/h5-13H,1-4H3,(H2,21,22,24,25). The molecule has 2 aromatic heterocycles. The number of rotatable bonds is 7. The molecule has 0 fully saturated rings. The number of nitrogens with zero attached hydrogens (tertiary/aromatic N) is 3. The fourth-order valence-electron chi connectivity index (χ4n) is 2.55. The van der Waals surface area contributed by atoms with Crippen molar-refractivity contribution in [2.24, 2.45) is 0 Å². The van der Waals surface area contributed by atoms with Gasteiger partial charge in [-0.1, -0.05) is 12.1 Å². The minimum Gasteiger partial charge on any atom is -0.481 e. The summed E-state index contributed by atoms with van der Waals surface area (Å²) >= 11 is 0. The molecule has 1 unspecified atom stereocenters. The Bertz CT molecular complexity index is 994. The number of nitrogens with one attached hydrogen (secondary N) is 2. The quantitative estimate of drug-likeness (QED) is 0.626. The Morgan fingerprint density at radius 1 is 1.00 bits per heavy atom. The van der Waals surface area contributed by atoms with Gasteiger partial charge in [-0.05, 0) is 38.1 Å². The Balaban J connectivity index is 2.00. The zero-order valence-electron chi connectivity index (χ0n) is 16.3. The summed E-state index contributed by atoms with van der Waals surface area (Å²) in [5.74, 6) is 2.26. The first-order valence-electron chi connectivity index (χ1n) is 8.82. The predicted molar refractivity (Wildman–Crippen MR) is 113 cm³/mol. The van der Waals surface area contributed by atoms with Crippen LogP contribution < -0.4 is 15.4 Å². The number of methoxy groups -OCH3 is 1. The third-order valence-electron chi connectivity index (χ3n) is 3.76. The van der Waals surface area contributed by atoms with E-state index in [0.29, 0.717) is 29.0 Å². The van der Waals surface area contributed by atoms with Crippen molar-refractivity contribution in [1.82, 2.24) is 15.0 Å². The van der Waals surface area contributed by atoms with Crippen LogP contribution in [-0.2, 0) is 10.8 Å². The van der Waals surface area contributed by atoms with Gasteiger partial charge in [-0.3, -0.25) is 4.21 Å². The van der Waals surface area contributed by atoms with E-state index < -0.39 is 10.8 Å². The van der Waals surface area contributed by atoms with Gasteiger partial charge in [0.15, 0.2) is 5.82 Å². The minimum absolute atomic E-state index is 0.208. The molecule has 0 aliphatic rings. The van der Waals surface area contributed by atoms with Crippen LogP contribution in [0, 0.1) is 0 Å². The van der Waals surface area contributed by atoms with E-state index in [-0.39, 0.29) is 6.04 Å². The van der Waals surface area contributed by atoms with Gasteiger partial charge >= 0.3 is 0 Å². The summed E-state index contributed by atoms with van der Waals surface area (Å²) < 4.78 is 17.0. The van der Waals surface area contributed by atoms with E-state index in [0.717, 1.165) is 10.6 Å². The monoisotopic (exact) mass is 397 g/mol. The van der Waals surface area contributed by atoms with Crippen LogP contribution in [0.5, 0.6) is 5.88 Å². The second-order valence-corrected chi connectivity index (χ2v) is 7.81. The topological polar surface area (TPSA) is 89.0 Å². The smallest absolute Gasteiger partial charge is 0.213 e. The fourth-order valence-corrected chi connectivity index (χ4v) is 3.11. The number of hydrogen-bond donors (Lipinski definition) is 2. The van der Waals surface area contributed by atoms with Gasteiger partial charge in [-0.15, -0.1) is 0 Å². The lowest BCUT2D eigenvalue weighted by Crippen LogP contribution is -2.12. The molecular formula is C20H23N5O2S. The highest BCUT2D eigenvalue weighted by atomic mass is 32.2. The number of aromatic nitrogens is 3. The maximum absolute atomic E-state index is 11.8. The minimum atomic E-state index is -1.06. The largest absolute Gasteiger partial charge is 0.481 e. The molecule has 0 amide bonds. The Kier molecular flexibility index (Phi) is 6.20. The van der Waals surface area contributed by atoms with E-state index in [1.807, 2.05) is 56.3 Å². The molecule has 2 N–H and O–H groups in total. The lowest BCUT2D eigenvalue weighted by Gasteiger charge is -2.13. The summed E-state index contributed by atoms with van der Waals surface area (Å²) in [6.45, 7) is 4.08. The first-order valence-corrected chi connectivity index (χ1v) is 10.4. The highest BCUT2D eigenvalue weighted by Crippen LogP contribution is 2.24. The molecule has 2 heterocycles. The summed E-state index contributed by atoms with van der Waals surface area (Å²) in [6.07, 6.45) is 1.65. The molecule has 0 saturated carbocycles. The van der Waals surface area contributed by atoms with Crippen LogP contribution in [0.3, 0.4) is 0 Å². The average molecular weight is 398 g/mol. The van der Waals surface area contributed by atoms with E-state index in [9.17, 15) is 4.21 Å². The van der Waals surface area contributed by atoms with Gasteiger partial charge in [0.1, 0.15) is 17.3 Å². The maximum atomic E-state index is 11.8. The van der Waals surface area contributed by atoms with Crippen LogP contribution in [0.2, 0.25) is 0 Å². The molecule has 0 radical (unpaired) electrons. The van der Waals surface area contributed by atoms with Crippen molar-refractivity contribution in [3.05, 3.63) is 48.5 Å². The van der Waals surface area contributed by atoms with E-state index in [1.54, 1.807) is 19.4 Å². The van der Waals surface area contributed by atoms with Crippen LogP contribution in [-0.4, -0.2) is 38.6 Å². The second kappa shape index (κ2) is 8.79. The van der Waals surface area contributed by atoms with Crippen LogP contribution in [0.4, 0.5) is 17.3 Å². The van der Waals surface area contributed by atoms with Crippen molar-refractivity contribution in [3.8, 4) is 17.4 Å². The normalized spacial score (nSPS) is 11.9. The molecule has 0 aliphatic carbocycles. The molecule has 8 heteroatoms. The maximum Gasteiger partial charge on any atom is 0.213 e. The molecule has 0 bridgehead atoms. The fraction of sp³-hybridized carbons (Fsp3) is 0.250. The summed E-state index contributed by atoms with van der Waals surface area (Å²) in [7, 11) is 0.515. The van der Waals surface area contributed by atoms with Gasteiger partial charge in [0.25, 0.3) is 0 Å². The van der Waals surface area contributed by atoms with Crippen molar-refractivity contribution in [3.63, 3.8) is 0 Å². The Morgan fingerprint density at radius 2 is 1.75 bits per heavy atom. The molecule has 0 saturated heterocycles. The molecular weight excluding hydrogens is 374 g/mol. The number of hydrogen-bond acceptors (Lipinski definition) is 7. The SMILES string of the molecule is COc1cccc(-c2nc(Nc3cccc(S(C)=O)c3)cc(NC(C)C)n2)n1. The predicted octanol–water partition coefficient (Wildman–Crippen LogP) is 3.85. The van der Waals surface area contributed by atoms with Gasteiger partial charge in [0.05, 0.1) is 7.11 Å². The molecule has 1 atom stereocenters. The molecule has 146 valence electrons. The first-order chi connectivity index (χ1) is 13.4. The van der Waals surface area contributed by atoms with Crippen LogP contribution >= 0.6 is 0 Å². The number of benzene rings is 1. The highest BCUT2D eigenvalue weighted by Gasteiger charge is 2.11. The van der Waals surface area contributed by atoms with E-state index >= 15 is 0 Å². The molecule has 7 nitrogen and oxygen atoms in total. The summed E-state index contributed by atoms with van der Waals surface area (Å²) in [5.41, 5.74) is 1.41. The average Bonchev–Trinajstić information content (AvgIpc) is 2.67. The van der Waals surface area contributed by atoms with Crippen LogP contribution in [0.25, 0.3) is 11.5 Å². The van der Waals surface area contributed by atoms with Gasteiger partial charge in [0, 0.05) is 45.8 Å². The third-order valence-corrected chi connectivity index (χ3v) is 4.68. The summed E-state index contributed by atoms with van der Waals surface area (Å²) in [4.78, 5) is 14.3. The zero-order valence-corrected chi connectivity index (χ0v) is 17.1. The molecule has 3 aromatic rings.